The average Bonchev–Trinajstić information content (AvgIpc) is 2.60. The number of allylic oxidation sites excluding steroid dienone is 3. The monoisotopic (exact) mass is 386 g/mol. The molecule has 0 heterocycles. The van der Waals surface area contributed by atoms with Gasteiger partial charge < -0.3 is 15.3 Å². The van der Waals surface area contributed by atoms with E-state index in [1.807, 2.05) is 19.9 Å². The molecule has 0 unspecified atom stereocenters. The molecule has 0 bridgehead atoms. The number of carbonyl (C=O) groups is 1. The number of unbranched alkanes of at least 4 members (excludes halogenated alkanes) is 4. The van der Waals surface area contributed by atoms with E-state index in [1.54, 1.807) is 6.07 Å². The number of phenols is 2. The van der Waals surface area contributed by atoms with Gasteiger partial charge >= 0.3 is 5.97 Å². The van der Waals surface area contributed by atoms with Crippen LogP contribution in [0.5, 0.6) is 11.5 Å². The van der Waals surface area contributed by atoms with E-state index >= 15 is 0 Å². The van der Waals surface area contributed by atoms with Gasteiger partial charge in [0.05, 0.1) is 0 Å². The fourth-order valence-corrected chi connectivity index (χ4v) is 4.31. The Balaban J connectivity index is 2.43. The van der Waals surface area contributed by atoms with Crippen molar-refractivity contribution in [2.45, 2.75) is 78.1 Å². The lowest BCUT2D eigenvalue weighted by molar-refractivity contribution is 0.0692. The van der Waals surface area contributed by atoms with Gasteiger partial charge in [0.25, 0.3) is 0 Å². The number of carboxylic acid groups (broad SMARTS) is 1. The third-order valence-electron chi connectivity index (χ3n) is 5.88. The Kier molecular flexibility index (Phi) is 7.73. The second-order valence-electron chi connectivity index (χ2n) is 8.19. The number of aromatic carboxylic acids is 1. The van der Waals surface area contributed by atoms with Gasteiger partial charge in [0.2, 0.25) is 0 Å². The maximum Gasteiger partial charge on any atom is 0.339 e. The van der Waals surface area contributed by atoms with Crippen molar-refractivity contribution in [2.75, 3.05) is 0 Å². The molecular weight excluding hydrogens is 352 g/mol. The van der Waals surface area contributed by atoms with Gasteiger partial charge in [-0.3, -0.25) is 0 Å². The van der Waals surface area contributed by atoms with Crippen molar-refractivity contribution in [2.24, 2.45) is 5.92 Å². The Hall–Kier alpha value is -2.23. The fourth-order valence-electron chi connectivity index (χ4n) is 4.31. The summed E-state index contributed by atoms with van der Waals surface area (Å²) in [6.07, 6.45) is 9.67. The topological polar surface area (TPSA) is 77.8 Å². The molecule has 0 saturated carbocycles. The average molecular weight is 387 g/mol. The van der Waals surface area contributed by atoms with Gasteiger partial charge in [-0.15, -0.1) is 0 Å². The second kappa shape index (κ2) is 9.81. The summed E-state index contributed by atoms with van der Waals surface area (Å²) in [5.74, 6) is -1.65. The normalized spacial score (nSPS) is 19.3. The molecule has 4 nitrogen and oxygen atoms in total. The number of rotatable bonds is 9. The molecule has 1 aliphatic carbocycles. The Labute approximate surface area is 168 Å². The van der Waals surface area contributed by atoms with E-state index in [-0.39, 0.29) is 28.9 Å². The van der Waals surface area contributed by atoms with Gasteiger partial charge in [-0.25, -0.2) is 4.79 Å². The Morgan fingerprint density at radius 3 is 2.50 bits per heavy atom. The Morgan fingerprint density at radius 1 is 1.21 bits per heavy atom. The summed E-state index contributed by atoms with van der Waals surface area (Å²) >= 11 is 0. The summed E-state index contributed by atoms with van der Waals surface area (Å²) in [5, 5.41) is 31.4. The Bertz CT molecular complexity index is 760. The minimum atomic E-state index is -1.15. The minimum absolute atomic E-state index is 0.0201. The van der Waals surface area contributed by atoms with Crippen LogP contribution in [-0.4, -0.2) is 21.3 Å². The molecule has 2 atom stereocenters. The number of hydrogen-bond acceptors (Lipinski definition) is 3. The number of aromatic hydroxyl groups is 2. The van der Waals surface area contributed by atoms with Crippen molar-refractivity contribution < 1.29 is 20.1 Å². The van der Waals surface area contributed by atoms with Crippen molar-refractivity contribution in [3.8, 4) is 11.5 Å². The first kappa shape index (κ1) is 22.1. The molecule has 4 heteroatoms. The minimum Gasteiger partial charge on any atom is -0.507 e. The van der Waals surface area contributed by atoms with Crippen LogP contribution in [0.2, 0.25) is 0 Å². The zero-order valence-corrected chi connectivity index (χ0v) is 17.4. The molecule has 2 rings (SSSR count). The first-order chi connectivity index (χ1) is 13.3. The number of hydrogen-bond donors (Lipinski definition) is 3. The van der Waals surface area contributed by atoms with Crippen LogP contribution in [0.1, 0.15) is 93.1 Å². The molecule has 0 aliphatic heterocycles. The van der Waals surface area contributed by atoms with Gasteiger partial charge in [0.1, 0.15) is 17.1 Å². The number of aryl methyl sites for hydroxylation is 1. The van der Waals surface area contributed by atoms with Crippen LogP contribution >= 0.6 is 0 Å². The predicted molar refractivity (Wildman–Crippen MR) is 113 cm³/mol. The third kappa shape index (κ3) is 4.98. The number of benzene rings is 1. The third-order valence-corrected chi connectivity index (χ3v) is 5.88. The van der Waals surface area contributed by atoms with Gasteiger partial charge in [0.15, 0.2) is 0 Å². The molecule has 1 aliphatic rings. The molecule has 0 aromatic heterocycles. The van der Waals surface area contributed by atoms with Crippen molar-refractivity contribution in [3.63, 3.8) is 0 Å². The molecule has 0 amide bonds. The summed E-state index contributed by atoms with van der Waals surface area (Å²) in [5.41, 5.74) is 2.91. The van der Waals surface area contributed by atoms with Gasteiger partial charge in [-0.05, 0) is 57.1 Å². The van der Waals surface area contributed by atoms with E-state index < -0.39 is 5.97 Å². The number of carboxylic acids is 1. The Morgan fingerprint density at radius 2 is 1.89 bits per heavy atom. The van der Waals surface area contributed by atoms with Crippen LogP contribution in [0.4, 0.5) is 0 Å². The summed E-state index contributed by atoms with van der Waals surface area (Å²) in [6, 6.07) is 1.55. The summed E-state index contributed by atoms with van der Waals surface area (Å²) < 4.78 is 0. The molecule has 0 fully saturated rings. The van der Waals surface area contributed by atoms with E-state index in [2.05, 4.69) is 13.5 Å². The fraction of sp³-hybridized carbons (Fsp3) is 0.542. The second-order valence-corrected chi connectivity index (χ2v) is 8.19. The summed E-state index contributed by atoms with van der Waals surface area (Å²) in [6.45, 7) is 10.2. The van der Waals surface area contributed by atoms with Crippen LogP contribution < -0.4 is 0 Å². The highest BCUT2D eigenvalue weighted by Gasteiger charge is 2.32. The maximum atomic E-state index is 11.9. The molecule has 1 aromatic rings. The summed E-state index contributed by atoms with van der Waals surface area (Å²) in [4.78, 5) is 11.9. The molecule has 28 heavy (non-hydrogen) atoms. The van der Waals surface area contributed by atoms with E-state index in [4.69, 9.17) is 0 Å². The molecule has 3 N–H and O–H groups in total. The summed E-state index contributed by atoms with van der Waals surface area (Å²) in [7, 11) is 0. The lowest BCUT2D eigenvalue weighted by Gasteiger charge is -2.32. The highest BCUT2D eigenvalue weighted by molar-refractivity contribution is 5.94. The molecule has 0 radical (unpaired) electrons. The lowest BCUT2D eigenvalue weighted by Crippen LogP contribution is -2.18. The molecular formula is C24H34O4. The van der Waals surface area contributed by atoms with E-state index in [0.717, 1.165) is 50.5 Å². The molecule has 1 aromatic carbocycles. The van der Waals surface area contributed by atoms with Crippen LogP contribution in [0.3, 0.4) is 0 Å². The SMILES string of the molecule is C=C(C)[C@@H]1CCC(C)=C[C@H]1c1c(O)cc(CCCCCCC)c(C(=O)O)c1O. The predicted octanol–water partition coefficient (Wildman–Crippen LogP) is 6.32. The van der Waals surface area contributed by atoms with Crippen LogP contribution in [0.15, 0.2) is 29.9 Å². The standard InChI is InChI=1S/C24H34O4/c1-5-6-7-8-9-10-17-14-20(25)22(23(26)21(17)24(27)28)19-13-16(4)11-12-18(19)15(2)3/h13-14,18-19,25-26H,2,5-12H2,1,3-4H3,(H,27,28)/t18-,19+/m0/s1. The first-order valence-electron chi connectivity index (χ1n) is 10.4. The van der Waals surface area contributed by atoms with Crippen LogP contribution in [-0.2, 0) is 6.42 Å². The highest BCUT2D eigenvalue weighted by atomic mass is 16.4. The molecule has 0 saturated heterocycles. The molecule has 154 valence electrons. The van der Waals surface area contributed by atoms with E-state index in [1.165, 1.54) is 5.57 Å². The van der Waals surface area contributed by atoms with Gasteiger partial charge in [-0.2, -0.15) is 0 Å². The van der Waals surface area contributed by atoms with Gasteiger partial charge in [-0.1, -0.05) is 56.4 Å². The smallest absolute Gasteiger partial charge is 0.339 e. The van der Waals surface area contributed by atoms with Crippen LogP contribution in [0.25, 0.3) is 0 Å². The highest BCUT2D eigenvalue weighted by Crippen LogP contribution is 2.48. The van der Waals surface area contributed by atoms with Crippen molar-refractivity contribution >= 4 is 5.97 Å². The van der Waals surface area contributed by atoms with Gasteiger partial charge in [0, 0.05) is 11.5 Å². The lowest BCUT2D eigenvalue weighted by atomic mass is 9.73. The number of phenolic OH excluding ortho intramolecular Hbond substituents is 1. The quantitative estimate of drug-likeness (QED) is 0.342. The van der Waals surface area contributed by atoms with Crippen LogP contribution in [0, 0.1) is 5.92 Å². The molecule has 0 spiro atoms. The van der Waals surface area contributed by atoms with E-state index in [0.29, 0.717) is 17.5 Å². The first-order valence-corrected chi connectivity index (χ1v) is 10.4. The maximum absolute atomic E-state index is 11.9. The van der Waals surface area contributed by atoms with Crippen molar-refractivity contribution in [1.82, 2.24) is 0 Å². The zero-order valence-electron chi connectivity index (χ0n) is 17.4. The van der Waals surface area contributed by atoms with Crippen molar-refractivity contribution in [3.05, 3.63) is 46.6 Å². The van der Waals surface area contributed by atoms with E-state index in [9.17, 15) is 20.1 Å². The van der Waals surface area contributed by atoms with Crippen molar-refractivity contribution in [1.29, 1.82) is 0 Å². The largest absolute Gasteiger partial charge is 0.507 e. The zero-order chi connectivity index (χ0) is 20.8.